The first-order chi connectivity index (χ1) is 11.7. The van der Waals surface area contributed by atoms with Crippen molar-refractivity contribution in [2.24, 2.45) is 0 Å². The van der Waals surface area contributed by atoms with E-state index in [4.69, 9.17) is 0 Å². The number of carbonyl (C=O) groups excluding carboxylic acids is 1. The third-order valence-corrected chi connectivity index (χ3v) is 5.91. The Morgan fingerprint density at radius 1 is 1.17 bits per heavy atom. The normalized spacial score (nSPS) is 22.2. The smallest absolute Gasteiger partial charge is 0.274 e. The van der Waals surface area contributed by atoms with Gasteiger partial charge in [0.25, 0.3) is 5.91 Å². The van der Waals surface area contributed by atoms with Gasteiger partial charge in [-0.05, 0) is 48.1 Å². The quantitative estimate of drug-likeness (QED) is 0.807. The Balaban J connectivity index is 1.54. The Kier molecular flexibility index (Phi) is 3.83. The second kappa shape index (κ2) is 6.00. The summed E-state index contributed by atoms with van der Waals surface area (Å²) in [5.41, 5.74) is 3.74. The fraction of sp³-hybridized carbons (Fsp3) is 0.450. The van der Waals surface area contributed by atoms with Gasteiger partial charge in [-0.25, -0.2) is 4.98 Å². The van der Waals surface area contributed by atoms with Gasteiger partial charge in [-0.2, -0.15) is 0 Å². The van der Waals surface area contributed by atoms with Crippen molar-refractivity contribution in [2.45, 2.75) is 43.9 Å². The average Bonchev–Trinajstić information content (AvgIpc) is 2.66. The van der Waals surface area contributed by atoms with E-state index in [-0.39, 0.29) is 11.3 Å². The number of nitrogens with zero attached hydrogens (tertiary/aromatic N) is 3. The first-order valence-electron chi connectivity index (χ1n) is 8.84. The fourth-order valence-electron chi connectivity index (χ4n) is 4.42. The van der Waals surface area contributed by atoms with Crippen molar-refractivity contribution in [3.8, 4) is 0 Å². The van der Waals surface area contributed by atoms with Crippen LogP contribution in [0.5, 0.6) is 0 Å². The van der Waals surface area contributed by atoms with E-state index >= 15 is 0 Å². The monoisotopic (exact) mass is 321 g/mol. The minimum Gasteiger partial charge on any atom is -0.337 e. The molecule has 1 amide bonds. The van der Waals surface area contributed by atoms with Gasteiger partial charge in [-0.3, -0.25) is 9.78 Å². The summed E-state index contributed by atoms with van der Waals surface area (Å²) in [6.45, 7) is 3.94. The molecule has 124 valence electrons. The number of hydrogen-bond acceptors (Lipinski definition) is 3. The van der Waals surface area contributed by atoms with Gasteiger partial charge in [0.1, 0.15) is 5.69 Å². The van der Waals surface area contributed by atoms with Crippen LogP contribution >= 0.6 is 0 Å². The number of benzene rings is 1. The van der Waals surface area contributed by atoms with Gasteiger partial charge in [-0.1, -0.05) is 31.2 Å². The molecule has 1 fully saturated rings. The average molecular weight is 321 g/mol. The zero-order valence-electron chi connectivity index (χ0n) is 14.1. The summed E-state index contributed by atoms with van der Waals surface area (Å²) in [4.78, 5) is 22.7. The molecule has 2 aliphatic rings. The van der Waals surface area contributed by atoms with Crippen LogP contribution in [-0.4, -0.2) is 33.9 Å². The number of likely N-dealkylation sites (tertiary alicyclic amines) is 1. The fourth-order valence-corrected chi connectivity index (χ4v) is 4.42. The van der Waals surface area contributed by atoms with Crippen LogP contribution in [0.15, 0.2) is 42.9 Å². The Morgan fingerprint density at radius 2 is 1.96 bits per heavy atom. The Bertz CT molecular complexity index is 736. The number of rotatable bonds is 1. The molecule has 24 heavy (non-hydrogen) atoms. The topological polar surface area (TPSA) is 46.1 Å². The Labute approximate surface area is 142 Å². The van der Waals surface area contributed by atoms with Crippen LogP contribution in [0.4, 0.5) is 0 Å². The lowest BCUT2D eigenvalue weighted by Crippen LogP contribution is -2.47. The summed E-state index contributed by atoms with van der Waals surface area (Å²) in [5, 5.41) is 0. The summed E-state index contributed by atoms with van der Waals surface area (Å²) >= 11 is 0. The molecule has 1 unspecified atom stereocenters. The van der Waals surface area contributed by atoms with Crippen LogP contribution < -0.4 is 0 Å². The highest BCUT2D eigenvalue weighted by atomic mass is 16.2. The highest BCUT2D eigenvalue weighted by molar-refractivity contribution is 5.92. The first kappa shape index (κ1) is 15.3. The van der Waals surface area contributed by atoms with Gasteiger partial charge >= 0.3 is 0 Å². The van der Waals surface area contributed by atoms with E-state index in [1.165, 1.54) is 24.0 Å². The summed E-state index contributed by atoms with van der Waals surface area (Å²) in [6.07, 6.45) is 9.31. The Hall–Kier alpha value is -2.23. The van der Waals surface area contributed by atoms with E-state index in [0.717, 1.165) is 25.9 Å². The molecule has 2 heterocycles. The van der Waals surface area contributed by atoms with Crippen molar-refractivity contribution in [3.05, 3.63) is 59.7 Å². The third kappa shape index (κ3) is 2.50. The van der Waals surface area contributed by atoms with E-state index in [9.17, 15) is 4.79 Å². The lowest BCUT2D eigenvalue weighted by molar-refractivity contribution is 0.0643. The molecule has 4 nitrogen and oxygen atoms in total. The molecule has 0 N–H and O–H groups in total. The largest absolute Gasteiger partial charge is 0.337 e. The first-order valence-corrected chi connectivity index (χ1v) is 8.84. The van der Waals surface area contributed by atoms with E-state index in [0.29, 0.717) is 11.6 Å². The number of amides is 1. The highest BCUT2D eigenvalue weighted by Crippen LogP contribution is 2.48. The highest BCUT2D eigenvalue weighted by Gasteiger charge is 2.41. The molecule has 0 bridgehead atoms. The molecule has 4 heteroatoms. The van der Waals surface area contributed by atoms with Crippen LogP contribution in [0, 0.1) is 0 Å². The molecule has 1 saturated heterocycles. The van der Waals surface area contributed by atoms with Gasteiger partial charge in [-0.15, -0.1) is 0 Å². The van der Waals surface area contributed by atoms with Crippen LogP contribution in [0.2, 0.25) is 0 Å². The van der Waals surface area contributed by atoms with Gasteiger partial charge in [0, 0.05) is 25.5 Å². The van der Waals surface area contributed by atoms with Crippen molar-refractivity contribution in [2.75, 3.05) is 13.1 Å². The molecule has 1 aromatic heterocycles. The maximum atomic E-state index is 12.6. The summed E-state index contributed by atoms with van der Waals surface area (Å²) in [7, 11) is 0. The van der Waals surface area contributed by atoms with Crippen LogP contribution in [0.1, 0.15) is 60.1 Å². The lowest BCUT2D eigenvalue weighted by atomic mass is 9.62. The maximum Gasteiger partial charge on any atom is 0.274 e. The predicted molar refractivity (Wildman–Crippen MR) is 92.9 cm³/mol. The van der Waals surface area contributed by atoms with Gasteiger partial charge in [0.2, 0.25) is 0 Å². The standard InChI is InChI=1S/C20H23N3O/c1-15-6-7-20(17-5-3-2-4-16(15)17)8-12-23(13-9-20)19(24)18-14-21-10-11-22-18/h2-5,10-11,14-15H,6-9,12-13H2,1H3. The third-order valence-electron chi connectivity index (χ3n) is 5.91. The maximum absolute atomic E-state index is 12.6. The molecule has 0 radical (unpaired) electrons. The molecule has 2 aromatic rings. The van der Waals surface area contributed by atoms with E-state index in [2.05, 4.69) is 41.2 Å². The second-order valence-corrected chi connectivity index (χ2v) is 7.19. The van der Waals surface area contributed by atoms with Crippen molar-refractivity contribution in [1.82, 2.24) is 14.9 Å². The number of hydrogen-bond donors (Lipinski definition) is 0. The van der Waals surface area contributed by atoms with Crippen molar-refractivity contribution in [1.29, 1.82) is 0 Å². The minimum atomic E-state index is 0.00964. The summed E-state index contributed by atoms with van der Waals surface area (Å²) in [6, 6.07) is 8.92. The predicted octanol–water partition coefficient (Wildman–Crippen LogP) is 3.55. The molecule has 1 spiro atoms. The van der Waals surface area contributed by atoms with E-state index in [1.54, 1.807) is 18.6 Å². The molecule has 1 aliphatic heterocycles. The van der Waals surface area contributed by atoms with Crippen LogP contribution in [-0.2, 0) is 5.41 Å². The molecule has 1 aromatic carbocycles. The number of aromatic nitrogens is 2. The zero-order chi connectivity index (χ0) is 16.6. The number of piperidine rings is 1. The summed E-state index contributed by atoms with van der Waals surface area (Å²) in [5.74, 6) is 0.654. The molecule has 1 aliphatic carbocycles. The van der Waals surface area contributed by atoms with Gasteiger partial charge in [0.05, 0.1) is 6.20 Å². The second-order valence-electron chi connectivity index (χ2n) is 7.19. The van der Waals surface area contributed by atoms with Crippen molar-refractivity contribution >= 4 is 5.91 Å². The minimum absolute atomic E-state index is 0.00964. The SMILES string of the molecule is CC1CCC2(CCN(C(=O)c3cnccn3)CC2)c2ccccc21. The van der Waals surface area contributed by atoms with Gasteiger partial charge in [0.15, 0.2) is 0 Å². The van der Waals surface area contributed by atoms with Gasteiger partial charge < -0.3 is 4.90 Å². The van der Waals surface area contributed by atoms with Crippen LogP contribution in [0.3, 0.4) is 0 Å². The zero-order valence-corrected chi connectivity index (χ0v) is 14.1. The molecule has 1 atom stereocenters. The Morgan fingerprint density at radius 3 is 2.71 bits per heavy atom. The number of carbonyl (C=O) groups is 1. The van der Waals surface area contributed by atoms with E-state index in [1.807, 2.05) is 4.90 Å². The number of fused-ring (bicyclic) bond motifs is 2. The molecule has 0 saturated carbocycles. The summed E-state index contributed by atoms with van der Waals surface area (Å²) < 4.78 is 0. The molecular weight excluding hydrogens is 298 g/mol. The molecule has 4 rings (SSSR count). The van der Waals surface area contributed by atoms with Crippen LogP contribution in [0.25, 0.3) is 0 Å². The van der Waals surface area contributed by atoms with Crippen molar-refractivity contribution < 1.29 is 4.79 Å². The van der Waals surface area contributed by atoms with Crippen molar-refractivity contribution in [3.63, 3.8) is 0 Å². The van der Waals surface area contributed by atoms with E-state index < -0.39 is 0 Å². The lowest BCUT2D eigenvalue weighted by Gasteiger charge is -2.46. The molecular formula is C20H23N3O.